The Kier molecular flexibility index (Phi) is 3.80. The van der Waals surface area contributed by atoms with Crippen LogP contribution in [0, 0.1) is 22.7 Å². The topological polar surface area (TPSA) is 93.1 Å². The van der Waals surface area contributed by atoms with Crippen LogP contribution in [-0.2, 0) is 6.54 Å². The number of ether oxygens (including phenoxy) is 3. The van der Waals surface area contributed by atoms with Crippen LogP contribution in [0.2, 0.25) is 0 Å². The van der Waals surface area contributed by atoms with E-state index in [4.69, 9.17) is 24.7 Å². The van der Waals surface area contributed by atoms with Crippen molar-refractivity contribution in [3.8, 4) is 29.4 Å². The Morgan fingerprint density at radius 1 is 1.27 bits per heavy atom. The van der Waals surface area contributed by atoms with E-state index >= 15 is 0 Å². The fourth-order valence-electron chi connectivity index (χ4n) is 2.19. The quantitative estimate of drug-likeness (QED) is 0.781. The number of hydrogen-bond donors (Lipinski definition) is 0. The predicted molar refractivity (Wildman–Crippen MR) is 74.3 cm³/mol. The normalized spacial score (nSPS) is 11.7. The number of nitriles is 2. The highest BCUT2D eigenvalue weighted by molar-refractivity contribution is 5.52. The molecule has 1 aliphatic heterocycles. The van der Waals surface area contributed by atoms with Gasteiger partial charge in [-0.05, 0) is 18.6 Å². The third-order valence-electron chi connectivity index (χ3n) is 3.21. The minimum atomic E-state index is 0.148. The molecule has 1 aliphatic rings. The summed E-state index contributed by atoms with van der Waals surface area (Å²) < 4.78 is 18.0. The van der Waals surface area contributed by atoms with Crippen molar-refractivity contribution < 1.29 is 14.2 Å². The number of benzene rings is 1. The second-order valence-corrected chi connectivity index (χ2v) is 4.55. The van der Waals surface area contributed by atoms with Crippen molar-refractivity contribution in [3.63, 3.8) is 0 Å². The van der Waals surface area contributed by atoms with E-state index in [2.05, 4.69) is 4.98 Å². The summed E-state index contributed by atoms with van der Waals surface area (Å²) in [7, 11) is 0. The van der Waals surface area contributed by atoms with Crippen molar-refractivity contribution in [2.75, 3.05) is 13.4 Å². The lowest BCUT2D eigenvalue weighted by molar-refractivity contribution is 0.169. The standard InChI is InChI=1S/C15H12N4O3/c16-7-11-12(8-17)19(9-18-11)5-2-6-20-13-3-1-4-14-15(13)22-10-21-14/h1,3-4,9H,2,5-6,10H2. The van der Waals surface area contributed by atoms with Crippen molar-refractivity contribution >= 4 is 0 Å². The zero-order chi connectivity index (χ0) is 15.4. The van der Waals surface area contributed by atoms with Gasteiger partial charge in [0.05, 0.1) is 12.9 Å². The van der Waals surface area contributed by atoms with Gasteiger partial charge in [0.1, 0.15) is 12.1 Å². The van der Waals surface area contributed by atoms with Crippen LogP contribution >= 0.6 is 0 Å². The molecule has 22 heavy (non-hydrogen) atoms. The van der Waals surface area contributed by atoms with Gasteiger partial charge >= 0.3 is 0 Å². The molecule has 0 bridgehead atoms. The Balaban J connectivity index is 1.57. The summed E-state index contributed by atoms with van der Waals surface area (Å²) in [6.07, 6.45) is 2.16. The average molecular weight is 296 g/mol. The zero-order valence-corrected chi connectivity index (χ0v) is 11.7. The Bertz CT molecular complexity index is 766. The van der Waals surface area contributed by atoms with Crippen molar-refractivity contribution in [2.45, 2.75) is 13.0 Å². The first kappa shape index (κ1) is 13.8. The summed E-state index contributed by atoms with van der Waals surface area (Å²) in [5, 5.41) is 17.9. The molecule has 0 fully saturated rings. The molecule has 7 nitrogen and oxygen atoms in total. The highest BCUT2D eigenvalue weighted by Crippen LogP contribution is 2.40. The monoisotopic (exact) mass is 296 g/mol. The molecular formula is C15H12N4O3. The van der Waals surface area contributed by atoms with Gasteiger partial charge in [-0.3, -0.25) is 0 Å². The molecule has 0 aliphatic carbocycles. The minimum absolute atomic E-state index is 0.148. The van der Waals surface area contributed by atoms with Gasteiger partial charge in [0.25, 0.3) is 0 Å². The van der Waals surface area contributed by atoms with Gasteiger partial charge in [0.2, 0.25) is 12.5 Å². The lowest BCUT2D eigenvalue weighted by Gasteiger charge is -2.09. The second kappa shape index (κ2) is 6.06. The van der Waals surface area contributed by atoms with Gasteiger partial charge < -0.3 is 18.8 Å². The van der Waals surface area contributed by atoms with Crippen LogP contribution in [-0.4, -0.2) is 23.0 Å². The zero-order valence-electron chi connectivity index (χ0n) is 11.7. The SMILES string of the molecule is N#Cc1ncn(CCCOc2cccc3c2OCO3)c1C#N. The molecule has 7 heteroatoms. The van der Waals surface area contributed by atoms with Gasteiger partial charge in [0, 0.05) is 6.54 Å². The van der Waals surface area contributed by atoms with E-state index in [-0.39, 0.29) is 18.2 Å². The van der Waals surface area contributed by atoms with E-state index in [0.29, 0.717) is 36.8 Å². The maximum Gasteiger partial charge on any atom is 0.231 e. The number of para-hydroxylation sites is 1. The van der Waals surface area contributed by atoms with E-state index in [0.717, 1.165) is 0 Å². The van der Waals surface area contributed by atoms with Crippen LogP contribution in [0.25, 0.3) is 0 Å². The largest absolute Gasteiger partial charge is 0.489 e. The first-order valence-electron chi connectivity index (χ1n) is 6.70. The Morgan fingerprint density at radius 3 is 3.00 bits per heavy atom. The minimum Gasteiger partial charge on any atom is -0.489 e. The third kappa shape index (κ3) is 2.52. The van der Waals surface area contributed by atoms with E-state index in [1.54, 1.807) is 4.57 Å². The van der Waals surface area contributed by atoms with Crippen LogP contribution in [0.15, 0.2) is 24.5 Å². The number of nitrogens with zero attached hydrogens (tertiary/aromatic N) is 4. The number of hydrogen-bond acceptors (Lipinski definition) is 6. The molecule has 1 aromatic carbocycles. The van der Waals surface area contributed by atoms with E-state index < -0.39 is 0 Å². The average Bonchev–Trinajstić information content (AvgIpc) is 3.17. The summed E-state index contributed by atoms with van der Waals surface area (Å²) in [4.78, 5) is 3.89. The lowest BCUT2D eigenvalue weighted by atomic mass is 10.3. The number of rotatable bonds is 5. The third-order valence-corrected chi connectivity index (χ3v) is 3.21. The van der Waals surface area contributed by atoms with E-state index in [1.807, 2.05) is 30.3 Å². The van der Waals surface area contributed by atoms with Crippen molar-refractivity contribution in [3.05, 3.63) is 35.9 Å². The Morgan fingerprint density at radius 2 is 2.18 bits per heavy atom. The van der Waals surface area contributed by atoms with E-state index in [9.17, 15) is 0 Å². The first-order valence-corrected chi connectivity index (χ1v) is 6.70. The second-order valence-electron chi connectivity index (χ2n) is 4.55. The lowest BCUT2D eigenvalue weighted by Crippen LogP contribution is -2.06. The number of imidazole rings is 1. The molecule has 0 atom stereocenters. The van der Waals surface area contributed by atoms with Crippen LogP contribution in [0.4, 0.5) is 0 Å². The Hall–Kier alpha value is -3.19. The number of aryl methyl sites for hydroxylation is 1. The molecular weight excluding hydrogens is 284 g/mol. The molecule has 0 unspecified atom stereocenters. The molecule has 0 amide bonds. The molecule has 1 aromatic heterocycles. The molecule has 0 spiro atoms. The molecule has 0 saturated carbocycles. The smallest absolute Gasteiger partial charge is 0.231 e. The van der Waals surface area contributed by atoms with Crippen molar-refractivity contribution in [1.82, 2.24) is 9.55 Å². The summed E-state index contributed by atoms with van der Waals surface area (Å²) in [5.41, 5.74) is 0.426. The summed E-state index contributed by atoms with van der Waals surface area (Å²) in [6, 6.07) is 9.36. The van der Waals surface area contributed by atoms with Gasteiger partial charge in [-0.2, -0.15) is 10.5 Å². The maximum absolute atomic E-state index is 9.04. The van der Waals surface area contributed by atoms with Crippen LogP contribution in [0.3, 0.4) is 0 Å². The van der Waals surface area contributed by atoms with Crippen molar-refractivity contribution in [1.29, 1.82) is 10.5 Å². The molecule has 2 heterocycles. The maximum atomic E-state index is 9.04. The van der Waals surface area contributed by atoms with Gasteiger partial charge in [-0.15, -0.1) is 0 Å². The van der Waals surface area contributed by atoms with Crippen molar-refractivity contribution in [2.24, 2.45) is 0 Å². The van der Waals surface area contributed by atoms with E-state index in [1.165, 1.54) is 6.33 Å². The molecule has 0 N–H and O–H groups in total. The molecule has 0 radical (unpaired) electrons. The number of aromatic nitrogens is 2. The molecule has 0 saturated heterocycles. The molecule has 3 rings (SSSR count). The molecule has 2 aromatic rings. The first-order chi connectivity index (χ1) is 10.8. The fraction of sp³-hybridized carbons (Fsp3) is 0.267. The predicted octanol–water partition coefficient (Wildman–Crippen LogP) is 1.82. The van der Waals surface area contributed by atoms with Crippen LogP contribution in [0.1, 0.15) is 17.8 Å². The summed E-state index contributed by atoms with van der Waals surface area (Å²) in [6.45, 7) is 1.20. The Labute approximate surface area is 126 Å². The summed E-state index contributed by atoms with van der Waals surface area (Å²) in [5.74, 6) is 1.94. The highest BCUT2D eigenvalue weighted by Gasteiger charge is 2.18. The molecule has 110 valence electrons. The summed E-state index contributed by atoms with van der Waals surface area (Å²) >= 11 is 0. The van der Waals surface area contributed by atoms with Crippen LogP contribution in [0.5, 0.6) is 17.2 Å². The van der Waals surface area contributed by atoms with Gasteiger partial charge in [-0.25, -0.2) is 4.98 Å². The fourth-order valence-corrected chi connectivity index (χ4v) is 2.19. The van der Waals surface area contributed by atoms with Crippen LogP contribution < -0.4 is 14.2 Å². The number of fused-ring (bicyclic) bond motifs is 1. The van der Waals surface area contributed by atoms with Gasteiger partial charge in [0.15, 0.2) is 22.9 Å². The van der Waals surface area contributed by atoms with Gasteiger partial charge in [-0.1, -0.05) is 6.07 Å². The highest BCUT2D eigenvalue weighted by atomic mass is 16.7.